The van der Waals surface area contributed by atoms with Gasteiger partial charge in [0.15, 0.2) is 0 Å². The molecule has 2 aromatic heterocycles. The molecular formula is C18H23N5OS. The van der Waals surface area contributed by atoms with Crippen LogP contribution in [-0.2, 0) is 4.79 Å². The molecule has 1 fully saturated rings. The quantitative estimate of drug-likeness (QED) is 0.852. The number of rotatable bonds is 4. The van der Waals surface area contributed by atoms with E-state index in [1.807, 2.05) is 37.4 Å². The Morgan fingerprint density at radius 3 is 2.48 bits per heavy atom. The van der Waals surface area contributed by atoms with Crippen LogP contribution in [0.4, 0.5) is 11.6 Å². The minimum Gasteiger partial charge on any atom is -0.338 e. The fourth-order valence-electron chi connectivity index (χ4n) is 2.74. The Balaban J connectivity index is 1.71. The first-order valence-electron chi connectivity index (χ1n) is 8.34. The van der Waals surface area contributed by atoms with Crippen LogP contribution in [0.15, 0.2) is 23.6 Å². The predicted molar refractivity (Wildman–Crippen MR) is 103 cm³/mol. The number of amides is 1. The van der Waals surface area contributed by atoms with Crippen LogP contribution >= 0.6 is 11.3 Å². The molecule has 0 saturated carbocycles. The van der Waals surface area contributed by atoms with Gasteiger partial charge in [-0.25, -0.2) is 9.97 Å². The van der Waals surface area contributed by atoms with Crippen molar-refractivity contribution >= 4 is 35.0 Å². The highest BCUT2D eigenvalue weighted by atomic mass is 32.1. The number of likely N-dealkylation sites (N-methyl/N-ethyl adjacent to an activating group) is 1. The lowest BCUT2D eigenvalue weighted by molar-refractivity contribution is -0.111. The Kier molecular flexibility index (Phi) is 5.45. The second-order valence-electron chi connectivity index (χ2n) is 6.20. The number of carbonyl (C=O) groups excluding carboxylic acids is 1. The van der Waals surface area contributed by atoms with Gasteiger partial charge in [-0.2, -0.15) is 0 Å². The van der Waals surface area contributed by atoms with Crippen molar-refractivity contribution in [2.75, 3.05) is 43.4 Å². The number of nitrogens with one attached hydrogen (secondary N) is 1. The first-order valence-corrected chi connectivity index (χ1v) is 9.22. The summed E-state index contributed by atoms with van der Waals surface area (Å²) < 4.78 is 0. The lowest BCUT2D eigenvalue weighted by atomic mass is 10.2. The fourth-order valence-corrected chi connectivity index (χ4v) is 3.35. The average Bonchev–Trinajstić information content (AvgIpc) is 3.10. The summed E-state index contributed by atoms with van der Waals surface area (Å²) in [4.78, 5) is 26.9. The molecule has 132 valence electrons. The smallest absolute Gasteiger partial charge is 0.248 e. The van der Waals surface area contributed by atoms with Crippen molar-refractivity contribution in [1.29, 1.82) is 0 Å². The van der Waals surface area contributed by atoms with Crippen molar-refractivity contribution in [3.63, 3.8) is 0 Å². The molecule has 0 bridgehead atoms. The Morgan fingerprint density at radius 2 is 1.88 bits per heavy atom. The molecule has 0 spiro atoms. The van der Waals surface area contributed by atoms with Crippen LogP contribution in [0.3, 0.4) is 0 Å². The molecule has 0 aliphatic carbocycles. The van der Waals surface area contributed by atoms with Gasteiger partial charge in [-0.15, -0.1) is 11.3 Å². The van der Waals surface area contributed by atoms with Crippen LogP contribution in [0, 0.1) is 13.8 Å². The minimum atomic E-state index is -0.171. The topological polar surface area (TPSA) is 61.4 Å². The normalized spacial score (nSPS) is 15.7. The molecule has 0 unspecified atom stereocenters. The van der Waals surface area contributed by atoms with E-state index >= 15 is 0 Å². The summed E-state index contributed by atoms with van der Waals surface area (Å²) in [5.41, 5.74) is 2.28. The monoisotopic (exact) mass is 357 g/mol. The van der Waals surface area contributed by atoms with Gasteiger partial charge in [-0.05, 0) is 38.4 Å². The highest BCUT2D eigenvalue weighted by Crippen LogP contribution is 2.21. The second-order valence-corrected chi connectivity index (χ2v) is 7.18. The van der Waals surface area contributed by atoms with Crippen LogP contribution in [-0.4, -0.2) is 54.0 Å². The van der Waals surface area contributed by atoms with Crippen molar-refractivity contribution in [3.05, 3.63) is 39.9 Å². The summed E-state index contributed by atoms with van der Waals surface area (Å²) in [6, 6.07) is 3.93. The molecule has 0 atom stereocenters. The molecule has 1 saturated heterocycles. The fraction of sp³-hybridized carbons (Fsp3) is 0.389. The molecule has 3 rings (SSSR count). The maximum Gasteiger partial charge on any atom is 0.248 e. The molecule has 2 aromatic rings. The third-order valence-corrected chi connectivity index (χ3v) is 5.07. The van der Waals surface area contributed by atoms with E-state index in [9.17, 15) is 4.79 Å². The van der Waals surface area contributed by atoms with Crippen molar-refractivity contribution in [1.82, 2.24) is 14.9 Å². The second kappa shape index (κ2) is 7.76. The van der Waals surface area contributed by atoms with Crippen LogP contribution in [0.2, 0.25) is 0 Å². The minimum absolute atomic E-state index is 0.171. The molecule has 1 aliphatic rings. The first-order chi connectivity index (χ1) is 12.0. The number of nitrogens with zero attached hydrogens (tertiary/aromatic N) is 4. The van der Waals surface area contributed by atoms with Gasteiger partial charge in [-0.1, -0.05) is 6.07 Å². The standard InChI is InChI=1S/C18H23N5OS/c1-13-17(21-16(24)7-6-15-5-4-12-25-15)14(2)20-18(19-13)23-10-8-22(3)9-11-23/h4-7,12H,8-11H2,1-3H3,(H,21,24)/b7-6+. The highest BCUT2D eigenvalue weighted by molar-refractivity contribution is 7.10. The zero-order chi connectivity index (χ0) is 17.8. The van der Waals surface area contributed by atoms with Gasteiger partial charge in [0.2, 0.25) is 11.9 Å². The van der Waals surface area contributed by atoms with Gasteiger partial charge in [0.25, 0.3) is 0 Å². The lowest BCUT2D eigenvalue weighted by Gasteiger charge is -2.32. The molecule has 7 heteroatoms. The van der Waals surface area contributed by atoms with E-state index in [1.54, 1.807) is 17.4 Å². The van der Waals surface area contributed by atoms with Crippen LogP contribution in [0.1, 0.15) is 16.3 Å². The summed E-state index contributed by atoms with van der Waals surface area (Å²) in [7, 11) is 2.12. The van der Waals surface area contributed by atoms with Crippen molar-refractivity contribution in [3.8, 4) is 0 Å². The summed E-state index contributed by atoms with van der Waals surface area (Å²) in [5.74, 6) is 0.575. The molecule has 1 aliphatic heterocycles. The Morgan fingerprint density at radius 1 is 1.20 bits per heavy atom. The SMILES string of the molecule is Cc1nc(N2CCN(C)CC2)nc(C)c1NC(=O)/C=C/c1cccs1. The Hall–Kier alpha value is -2.25. The molecule has 25 heavy (non-hydrogen) atoms. The zero-order valence-corrected chi connectivity index (χ0v) is 15.6. The van der Waals surface area contributed by atoms with Gasteiger partial charge >= 0.3 is 0 Å². The van der Waals surface area contributed by atoms with Crippen molar-refractivity contribution in [2.24, 2.45) is 0 Å². The van der Waals surface area contributed by atoms with Gasteiger partial charge in [-0.3, -0.25) is 4.79 Å². The summed E-state index contributed by atoms with van der Waals surface area (Å²) in [6.07, 6.45) is 3.35. The Labute approximate surface area is 152 Å². The molecular weight excluding hydrogens is 334 g/mol. The molecule has 0 aromatic carbocycles. The van der Waals surface area contributed by atoms with E-state index in [0.717, 1.165) is 48.4 Å². The van der Waals surface area contributed by atoms with Crippen molar-refractivity contribution < 1.29 is 4.79 Å². The van der Waals surface area contributed by atoms with Crippen molar-refractivity contribution in [2.45, 2.75) is 13.8 Å². The van der Waals surface area contributed by atoms with E-state index in [1.165, 1.54) is 0 Å². The van der Waals surface area contributed by atoms with E-state index < -0.39 is 0 Å². The Bertz CT molecular complexity index is 741. The highest BCUT2D eigenvalue weighted by Gasteiger charge is 2.19. The number of aryl methyl sites for hydroxylation is 2. The average molecular weight is 357 g/mol. The maximum absolute atomic E-state index is 12.2. The molecule has 6 nitrogen and oxygen atoms in total. The summed E-state index contributed by atoms with van der Waals surface area (Å²) in [6.45, 7) is 7.68. The van der Waals surface area contributed by atoms with Gasteiger partial charge in [0, 0.05) is 37.1 Å². The van der Waals surface area contributed by atoms with Crippen LogP contribution < -0.4 is 10.2 Å². The first kappa shape index (κ1) is 17.6. The largest absolute Gasteiger partial charge is 0.338 e. The predicted octanol–water partition coefficient (Wildman–Crippen LogP) is 2.56. The van der Waals surface area contributed by atoms with E-state index in [0.29, 0.717) is 5.69 Å². The summed E-state index contributed by atoms with van der Waals surface area (Å²) >= 11 is 1.59. The van der Waals surface area contributed by atoms with Crippen LogP contribution in [0.5, 0.6) is 0 Å². The molecule has 0 radical (unpaired) electrons. The maximum atomic E-state index is 12.2. The van der Waals surface area contributed by atoms with E-state index in [-0.39, 0.29) is 5.91 Å². The number of hydrogen-bond donors (Lipinski definition) is 1. The van der Waals surface area contributed by atoms with Crippen LogP contribution in [0.25, 0.3) is 6.08 Å². The number of hydrogen-bond acceptors (Lipinski definition) is 6. The van der Waals surface area contributed by atoms with E-state index in [2.05, 4.69) is 32.1 Å². The number of anilines is 2. The number of thiophene rings is 1. The molecule has 1 N–H and O–H groups in total. The molecule has 3 heterocycles. The van der Waals surface area contributed by atoms with Gasteiger partial charge in [0.1, 0.15) is 0 Å². The zero-order valence-electron chi connectivity index (χ0n) is 14.8. The number of piperazine rings is 1. The third-order valence-electron chi connectivity index (χ3n) is 4.24. The van der Waals surface area contributed by atoms with E-state index in [4.69, 9.17) is 0 Å². The summed E-state index contributed by atoms with van der Waals surface area (Å²) in [5, 5.41) is 4.89. The van der Waals surface area contributed by atoms with Gasteiger partial charge < -0.3 is 15.1 Å². The van der Waals surface area contributed by atoms with Gasteiger partial charge in [0.05, 0.1) is 17.1 Å². The number of aromatic nitrogens is 2. The third kappa shape index (κ3) is 4.43. The molecule has 1 amide bonds. The lowest BCUT2D eigenvalue weighted by Crippen LogP contribution is -2.45. The number of carbonyl (C=O) groups is 1.